The summed E-state index contributed by atoms with van der Waals surface area (Å²) in [6.45, 7) is 5.11. The first-order valence-corrected chi connectivity index (χ1v) is 12.0. The van der Waals surface area contributed by atoms with Crippen LogP contribution in [-0.4, -0.2) is 58.6 Å². The first kappa shape index (κ1) is 24.8. The Morgan fingerprint density at radius 1 is 1.06 bits per heavy atom. The van der Waals surface area contributed by atoms with E-state index in [9.17, 15) is 26.4 Å². The van der Waals surface area contributed by atoms with E-state index in [1.807, 2.05) is 0 Å². The van der Waals surface area contributed by atoms with E-state index in [0.717, 1.165) is 12.1 Å². The number of ether oxygens (including phenoxy) is 1. The summed E-state index contributed by atoms with van der Waals surface area (Å²) in [6.07, 6.45) is -4.42. The molecule has 1 saturated heterocycles. The molecule has 0 aliphatic carbocycles. The number of benzene rings is 2. The van der Waals surface area contributed by atoms with Gasteiger partial charge in [0.1, 0.15) is 10.6 Å². The molecule has 33 heavy (non-hydrogen) atoms. The molecule has 1 heterocycles. The molecule has 0 radical (unpaired) electrons. The van der Waals surface area contributed by atoms with Gasteiger partial charge in [0.05, 0.1) is 12.2 Å². The average molecular weight is 486 g/mol. The van der Waals surface area contributed by atoms with Crippen molar-refractivity contribution in [2.24, 2.45) is 0 Å². The van der Waals surface area contributed by atoms with Gasteiger partial charge in [-0.1, -0.05) is 13.0 Å². The standard InChI is InChI=1S/C22H26F3N3O4S/c1-3-26-33(30,31)20-14-16(8-9-19(20)32-4-2)21(29)28-12-10-27(11-13-28)18-7-5-6-17(15-18)22(23,24)25/h5-9,14-15,26H,3-4,10-13H2,1-2H3. The molecule has 1 aliphatic rings. The lowest BCUT2D eigenvalue weighted by Crippen LogP contribution is -2.48. The fourth-order valence-electron chi connectivity index (χ4n) is 3.62. The third kappa shape index (κ3) is 5.77. The van der Waals surface area contributed by atoms with Gasteiger partial charge in [0.25, 0.3) is 5.91 Å². The van der Waals surface area contributed by atoms with Crippen molar-refractivity contribution in [3.8, 4) is 5.75 Å². The number of anilines is 1. The lowest BCUT2D eigenvalue weighted by Gasteiger charge is -2.36. The van der Waals surface area contributed by atoms with Crippen molar-refractivity contribution >= 4 is 21.6 Å². The van der Waals surface area contributed by atoms with E-state index in [0.29, 0.717) is 18.8 Å². The van der Waals surface area contributed by atoms with Gasteiger partial charge in [0.15, 0.2) is 0 Å². The van der Waals surface area contributed by atoms with Gasteiger partial charge in [0, 0.05) is 44.0 Å². The Morgan fingerprint density at radius 3 is 2.36 bits per heavy atom. The largest absolute Gasteiger partial charge is 0.492 e. The van der Waals surface area contributed by atoms with E-state index in [1.165, 1.54) is 24.3 Å². The molecule has 0 saturated carbocycles. The third-order valence-corrected chi connectivity index (χ3v) is 6.79. The van der Waals surface area contributed by atoms with E-state index >= 15 is 0 Å². The van der Waals surface area contributed by atoms with Crippen molar-refractivity contribution in [2.45, 2.75) is 24.9 Å². The van der Waals surface area contributed by atoms with Crippen LogP contribution in [0.4, 0.5) is 18.9 Å². The summed E-state index contributed by atoms with van der Waals surface area (Å²) in [5.41, 5.74) is -0.0817. The number of sulfonamides is 1. The Morgan fingerprint density at radius 2 is 1.76 bits per heavy atom. The number of rotatable bonds is 7. The van der Waals surface area contributed by atoms with Gasteiger partial charge in [-0.15, -0.1) is 0 Å². The molecule has 1 fully saturated rings. The number of alkyl halides is 3. The van der Waals surface area contributed by atoms with Crippen LogP contribution in [0.5, 0.6) is 5.75 Å². The second-order valence-corrected chi connectivity index (χ2v) is 9.16. The molecule has 0 spiro atoms. The third-order valence-electron chi connectivity index (χ3n) is 5.22. The second-order valence-electron chi connectivity index (χ2n) is 7.42. The lowest BCUT2D eigenvalue weighted by molar-refractivity contribution is -0.137. The summed E-state index contributed by atoms with van der Waals surface area (Å²) in [6, 6.07) is 9.36. The second kappa shape index (κ2) is 10.0. The highest BCUT2D eigenvalue weighted by Crippen LogP contribution is 2.32. The number of piperazine rings is 1. The minimum Gasteiger partial charge on any atom is -0.492 e. The van der Waals surface area contributed by atoms with E-state index in [4.69, 9.17) is 4.74 Å². The van der Waals surface area contributed by atoms with Crippen molar-refractivity contribution in [1.29, 1.82) is 0 Å². The van der Waals surface area contributed by atoms with Crippen LogP contribution < -0.4 is 14.4 Å². The van der Waals surface area contributed by atoms with Crippen LogP contribution in [0.25, 0.3) is 0 Å². The van der Waals surface area contributed by atoms with Crippen molar-refractivity contribution in [3.05, 3.63) is 53.6 Å². The van der Waals surface area contributed by atoms with Crippen molar-refractivity contribution in [2.75, 3.05) is 44.2 Å². The predicted molar refractivity (Wildman–Crippen MR) is 118 cm³/mol. The highest BCUT2D eigenvalue weighted by molar-refractivity contribution is 7.89. The first-order chi connectivity index (χ1) is 15.6. The number of amides is 1. The molecule has 1 aliphatic heterocycles. The highest BCUT2D eigenvalue weighted by atomic mass is 32.2. The number of hydrogen-bond acceptors (Lipinski definition) is 5. The van der Waals surface area contributed by atoms with Crippen LogP contribution in [0.1, 0.15) is 29.8 Å². The average Bonchev–Trinajstić information content (AvgIpc) is 2.78. The summed E-state index contributed by atoms with van der Waals surface area (Å²) in [5.74, 6) is -0.195. The Hall–Kier alpha value is -2.79. The summed E-state index contributed by atoms with van der Waals surface area (Å²) in [4.78, 5) is 16.3. The number of carbonyl (C=O) groups is 1. The topological polar surface area (TPSA) is 79.0 Å². The molecule has 3 rings (SSSR count). The van der Waals surface area contributed by atoms with E-state index in [-0.39, 0.29) is 48.4 Å². The van der Waals surface area contributed by atoms with Crippen molar-refractivity contribution in [1.82, 2.24) is 9.62 Å². The number of carbonyl (C=O) groups excluding carboxylic acids is 1. The summed E-state index contributed by atoms with van der Waals surface area (Å²) in [5, 5.41) is 0. The smallest absolute Gasteiger partial charge is 0.416 e. The molecule has 11 heteroatoms. The van der Waals surface area contributed by atoms with Crippen molar-refractivity contribution < 1.29 is 31.1 Å². The van der Waals surface area contributed by atoms with E-state index in [2.05, 4.69) is 4.72 Å². The quantitative estimate of drug-likeness (QED) is 0.651. The van der Waals surface area contributed by atoms with E-state index in [1.54, 1.807) is 29.7 Å². The fraction of sp³-hybridized carbons (Fsp3) is 0.409. The molecule has 1 N–H and O–H groups in total. The normalized spacial score (nSPS) is 14.9. The van der Waals surface area contributed by atoms with Gasteiger partial charge in [-0.2, -0.15) is 13.2 Å². The van der Waals surface area contributed by atoms with Crippen LogP contribution in [0, 0.1) is 0 Å². The minimum atomic E-state index is -4.42. The van der Waals surface area contributed by atoms with Crippen LogP contribution in [-0.2, 0) is 16.2 Å². The molecule has 0 bridgehead atoms. The lowest BCUT2D eigenvalue weighted by atomic mass is 10.1. The maximum Gasteiger partial charge on any atom is 0.416 e. The Kier molecular flexibility index (Phi) is 7.53. The SMILES string of the molecule is CCNS(=O)(=O)c1cc(C(=O)N2CCN(c3cccc(C(F)(F)F)c3)CC2)ccc1OCC. The minimum absolute atomic E-state index is 0.111. The summed E-state index contributed by atoms with van der Waals surface area (Å²) in [7, 11) is -3.86. The fourth-order valence-corrected chi connectivity index (χ4v) is 4.83. The predicted octanol–water partition coefficient (Wildman–Crippen LogP) is 3.36. The molecular weight excluding hydrogens is 459 g/mol. The molecule has 7 nitrogen and oxygen atoms in total. The van der Waals surface area contributed by atoms with Gasteiger partial charge in [-0.25, -0.2) is 13.1 Å². The molecular formula is C22H26F3N3O4S. The van der Waals surface area contributed by atoms with E-state index < -0.39 is 21.8 Å². The maximum atomic E-state index is 13.0. The number of nitrogens with one attached hydrogen (secondary N) is 1. The van der Waals surface area contributed by atoms with Crippen LogP contribution in [0.2, 0.25) is 0 Å². The Balaban J connectivity index is 1.76. The zero-order valence-electron chi connectivity index (χ0n) is 18.4. The van der Waals surface area contributed by atoms with Crippen LogP contribution in [0.15, 0.2) is 47.4 Å². The maximum absolute atomic E-state index is 13.0. The molecule has 1 amide bonds. The number of halogens is 3. The van der Waals surface area contributed by atoms with Gasteiger partial charge in [0.2, 0.25) is 10.0 Å². The molecule has 0 atom stereocenters. The molecule has 0 unspecified atom stereocenters. The number of hydrogen-bond donors (Lipinski definition) is 1. The van der Waals surface area contributed by atoms with Crippen molar-refractivity contribution in [3.63, 3.8) is 0 Å². The monoisotopic (exact) mass is 485 g/mol. The molecule has 180 valence electrons. The Bertz CT molecular complexity index is 1100. The van der Waals surface area contributed by atoms with Crippen LogP contribution >= 0.6 is 0 Å². The first-order valence-electron chi connectivity index (χ1n) is 10.5. The molecule has 2 aromatic rings. The number of nitrogens with zero attached hydrogens (tertiary/aromatic N) is 2. The highest BCUT2D eigenvalue weighted by Gasteiger charge is 2.31. The molecule has 2 aromatic carbocycles. The summed E-state index contributed by atoms with van der Waals surface area (Å²) >= 11 is 0. The van der Waals surface area contributed by atoms with Crippen LogP contribution in [0.3, 0.4) is 0 Å². The zero-order chi connectivity index (χ0) is 24.2. The molecule has 0 aromatic heterocycles. The van der Waals surface area contributed by atoms with Gasteiger partial charge < -0.3 is 14.5 Å². The van der Waals surface area contributed by atoms with Gasteiger partial charge in [-0.3, -0.25) is 4.79 Å². The van der Waals surface area contributed by atoms with Gasteiger partial charge in [-0.05, 0) is 43.3 Å². The summed E-state index contributed by atoms with van der Waals surface area (Å²) < 4.78 is 72.0. The zero-order valence-corrected chi connectivity index (χ0v) is 19.2. The van der Waals surface area contributed by atoms with Gasteiger partial charge >= 0.3 is 6.18 Å². The Labute approximate surface area is 191 Å².